The summed E-state index contributed by atoms with van der Waals surface area (Å²) in [5.74, 6) is -0.144. The minimum absolute atomic E-state index is 0.144. The fourth-order valence-corrected chi connectivity index (χ4v) is 2.92. The molecule has 1 fully saturated rings. The SMILES string of the molecule is Cc1nn(C)c(CN2CCC[C@@H]2C(=O)OC(C)(C)C)c1Cl. The van der Waals surface area contributed by atoms with Crippen LogP contribution in [0.25, 0.3) is 0 Å². The second kappa shape index (κ2) is 5.97. The molecule has 0 aliphatic carbocycles. The average Bonchev–Trinajstić information content (AvgIpc) is 2.88. The van der Waals surface area contributed by atoms with E-state index >= 15 is 0 Å². The number of carbonyl (C=O) groups is 1. The summed E-state index contributed by atoms with van der Waals surface area (Å²) in [5, 5.41) is 5.01. The van der Waals surface area contributed by atoms with E-state index in [-0.39, 0.29) is 12.0 Å². The summed E-state index contributed by atoms with van der Waals surface area (Å²) in [6.45, 7) is 9.08. The van der Waals surface area contributed by atoms with E-state index in [0.717, 1.165) is 30.8 Å². The van der Waals surface area contributed by atoms with Crippen LogP contribution in [-0.2, 0) is 23.1 Å². The van der Waals surface area contributed by atoms with E-state index < -0.39 is 5.60 Å². The molecule has 0 bridgehead atoms. The maximum atomic E-state index is 12.3. The minimum atomic E-state index is -0.452. The Kier molecular flexibility index (Phi) is 4.63. The van der Waals surface area contributed by atoms with E-state index in [1.807, 2.05) is 34.7 Å². The van der Waals surface area contributed by atoms with Crippen LogP contribution in [0.5, 0.6) is 0 Å². The minimum Gasteiger partial charge on any atom is -0.459 e. The Balaban J connectivity index is 2.10. The van der Waals surface area contributed by atoms with Gasteiger partial charge in [0, 0.05) is 13.6 Å². The van der Waals surface area contributed by atoms with Gasteiger partial charge in [-0.25, -0.2) is 0 Å². The number of aromatic nitrogens is 2. The Morgan fingerprint density at radius 3 is 2.67 bits per heavy atom. The first kappa shape index (κ1) is 16.3. The van der Waals surface area contributed by atoms with Crippen molar-refractivity contribution in [3.05, 3.63) is 16.4 Å². The molecular weight excluding hydrogens is 290 g/mol. The molecule has 0 aromatic carbocycles. The third kappa shape index (κ3) is 3.77. The van der Waals surface area contributed by atoms with Crippen LogP contribution < -0.4 is 0 Å². The second-order valence-electron chi connectivity index (χ2n) is 6.63. The maximum Gasteiger partial charge on any atom is 0.323 e. The molecule has 1 atom stereocenters. The van der Waals surface area contributed by atoms with Gasteiger partial charge in [0.05, 0.1) is 16.4 Å². The highest BCUT2D eigenvalue weighted by atomic mass is 35.5. The van der Waals surface area contributed by atoms with E-state index in [1.165, 1.54) is 0 Å². The van der Waals surface area contributed by atoms with Crippen LogP contribution >= 0.6 is 11.6 Å². The number of hydrogen-bond donors (Lipinski definition) is 0. The Morgan fingerprint density at radius 2 is 2.14 bits per heavy atom. The smallest absolute Gasteiger partial charge is 0.323 e. The summed E-state index contributed by atoms with van der Waals surface area (Å²) in [5.41, 5.74) is 1.32. The first-order chi connectivity index (χ1) is 9.69. The van der Waals surface area contributed by atoms with Gasteiger partial charge in [-0.15, -0.1) is 0 Å². The monoisotopic (exact) mass is 313 g/mol. The predicted molar refractivity (Wildman–Crippen MR) is 82.2 cm³/mol. The van der Waals surface area contributed by atoms with Crippen LogP contribution in [0.2, 0.25) is 5.02 Å². The molecule has 0 saturated carbocycles. The Morgan fingerprint density at radius 1 is 1.48 bits per heavy atom. The van der Waals surface area contributed by atoms with Crippen LogP contribution in [0, 0.1) is 6.92 Å². The van der Waals surface area contributed by atoms with Gasteiger partial charge in [-0.2, -0.15) is 5.10 Å². The number of rotatable bonds is 3. The number of ether oxygens (including phenoxy) is 1. The zero-order valence-electron chi connectivity index (χ0n) is 13.4. The number of likely N-dealkylation sites (tertiary alicyclic amines) is 1. The molecule has 21 heavy (non-hydrogen) atoms. The molecule has 1 aromatic rings. The highest BCUT2D eigenvalue weighted by Gasteiger charge is 2.34. The van der Waals surface area contributed by atoms with Crippen molar-refractivity contribution >= 4 is 17.6 Å². The largest absolute Gasteiger partial charge is 0.459 e. The van der Waals surface area contributed by atoms with E-state index in [0.29, 0.717) is 11.6 Å². The molecule has 118 valence electrons. The number of aryl methyl sites for hydroxylation is 2. The lowest BCUT2D eigenvalue weighted by atomic mass is 10.1. The highest BCUT2D eigenvalue weighted by molar-refractivity contribution is 6.31. The molecular formula is C15H24ClN3O2. The molecule has 1 aromatic heterocycles. The zero-order valence-corrected chi connectivity index (χ0v) is 14.2. The summed E-state index contributed by atoms with van der Waals surface area (Å²) in [4.78, 5) is 14.5. The van der Waals surface area contributed by atoms with Gasteiger partial charge in [-0.05, 0) is 47.1 Å². The lowest BCUT2D eigenvalue weighted by Crippen LogP contribution is -2.40. The van der Waals surface area contributed by atoms with Gasteiger partial charge in [0.2, 0.25) is 0 Å². The summed E-state index contributed by atoms with van der Waals surface area (Å²) >= 11 is 6.30. The molecule has 1 saturated heterocycles. The van der Waals surface area contributed by atoms with Crippen molar-refractivity contribution in [3.8, 4) is 0 Å². The van der Waals surface area contributed by atoms with Crippen LogP contribution in [0.15, 0.2) is 0 Å². The van der Waals surface area contributed by atoms with E-state index in [2.05, 4.69) is 10.00 Å². The normalized spacial score (nSPS) is 20.0. The van der Waals surface area contributed by atoms with Crippen LogP contribution in [0.4, 0.5) is 0 Å². The Hall–Kier alpha value is -1.07. The maximum absolute atomic E-state index is 12.3. The average molecular weight is 314 g/mol. The molecule has 0 spiro atoms. The highest BCUT2D eigenvalue weighted by Crippen LogP contribution is 2.26. The molecule has 0 radical (unpaired) electrons. The van der Waals surface area contributed by atoms with Crippen molar-refractivity contribution in [2.75, 3.05) is 6.54 Å². The van der Waals surface area contributed by atoms with Gasteiger partial charge in [0.1, 0.15) is 11.6 Å². The quantitative estimate of drug-likeness (QED) is 0.805. The van der Waals surface area contributed by atoms with Crippen LogP contribution in [0.1, 0.15) is 45.0 Å². The second-order valence-corrected chi connectivity index (χ2v) is 7.01. The van der Waals surface area contributed by atoms with Gasteiger partial charge in [-0.1, -0.05) is 11.6 Å². The summed E-state index contributed by atoms with van der Waals surface area (Å²) < 4.78 is 7.31. The summed E-state index contributed by atoms with van der Waals surface area (Å²) in [7, 11) is 1.88. The molecule has 0 unspecified atom stereocenters. The fraction of sp³-hybridized carbons (Fsp3) is 0.733. The molecule has 0 N–H and O–H groups in total. The van der Waals surface area contributed by atoms with E-state index in [9.17, 15) is 4.79 Å². The number of esters is 1. The number of nitrogens with zero attached hydrogens (tertiary/aromatic N) is 3. The first-order valence-electron chi connectivity index (χ1n) is 7.34. The van der Waals surface area contributed by atoms with Crippen LogP contribution in [0.3, 0.4) is 0 Å². The van der Waals surface area contributed by atoms with Crippen molar-refractivity contribution in [2.24, 2.45) is 7.05 Å². The standard InChI is InChI=1S/C15H24ClN3O2/c1-10-13(16)12(18(5)17-10)9-19-8-6-7-11(19)14(20)21-15(2,3)4/h11H,6-9H2,1-5H3/t11-/m1/s1. The van der Waals surface area contributed by atoms with Crippen molar-refractivity contribution < 1.29 is 9.53 Å². The molecule has 5 nitrogen and oxygen atoms in total. The lowest BCUT2D eigenvalue weighted by Gasteiger charge is -2.27. The lowest BCUT2D eigenvalue weighted by molar-refractivity contribution is -0.160. The molecule has 2 rings (SSSR count). The van der Waals surface area contributed by atoms with Crippen molar-refractivity contribution in [1.82, 2.24) is 14.7 Å². The molecule has 2 heterocycles. The van der Waals surface area contributed by atoms with Gasteiger partial charge < -0.3 is 4.74 Å². The van der Waals surface area contributed by atoms with E-state index in [1.54, 1.807) is 4.68 Å². The van der Waals surface area contributed by atoms with Gasteiger partial charge in [-0.3, -0.25) is 14.4 Å². The Bertz CT molecular complexity index is 534. The van der Waals surface area contributed by atoms with Gasteiger partial charge in [0.15, 0.2) is 0 Å². The summed E-state index contributed by atoms with van der Waals surface area (Å²) in [6, 6.07) is -0.185. The molecule has 0 amide bonds. The topological polar surface area (TPSA) is 47.4 Å². The van der Waals surface area contributed by atoms with Crippen molar-refractivity contribution in [3.63, 3.8) is 0 Å². The molecule has 1 aliphatic heterocycles. The molecule has 6 heteroatoms. The number of carbonyl (C=O) groups excluding carboxylic acids is 1. The number of halogens is 1. The first-order valence-corrected chi connectivity index (χ1v) is 7.71. The summed E-state index contributed by atoms with van der Waals surface area (Å²) in [6.07, 6.45) is 1.84. The zero-order chi connectivity index (χ0) is 15.8. The van der Waals surface area contributed by atoms with E-state index in [4.69, 9.17) is 16.3 Å². The molecule has 1 aliphatic rings. The Labute approximate surface area is 131 Å². The third-order valence-corrected chi connectivity index (χ3v) is 4.15. The number of hydrogen-bond acceptors (Lipinski definition) is 4. The van der Waals surface area contributed by atoms with Gasteiger partial charge >= 0.3 is 5.97 Å². The van der Waals surface area contributed by atoms with Crippen LogP contribution in [-0.4, -0.2) is 38.8 Å². The fourth-order valence-electron chi connectivity index (χ4n) is 2.70. The van der Waals surface area contributed by atoms with Gasteiger partial charge in [0.25, 0.3) is 0 Å². The van der Waals surface area contributed by atoms with Crippen molar-refractivity contribution in [2.45, 2.75) is 58.7 Å². The third-order valence-electron chi connectivity index (χ3n) is 3.66. The predicted octanol–water partition coefficient (Wildman–Crippen LogP) is 2.69. The van der Waals surface area contributed by atoms with Crippen molar-refractivity contribution in [1.29, 1.82) is 0 Å².